The van der Waals surface area contributed by atoms with Crippen LogP contribution in [0.5, 0.6) is 0 Å². The van der Waals surface area contributed by atoms with Gasteiger partial charge in [-0.3, -0.25) is 9.59 Å². The van der Waals surface area contributed by atoms with E-state index >= 15 is 0 Å². The number of anilines is 1. The first-order valence-electron chi connectivity index (χ1n) is 12.1. The van der Waals surface area contributed by atoms with Crippen LogP contribution in [0.3, 0.4) is 0 Å². The molecular weight excluding hydrogens is 504 g/mol. The Balaban J connectivity index is 1.42. The number of thioether (sulfide) groups is 1. The summed E-state index contributed by atoms with van der Waals surface area (Å²) in [6.07, 6.45) is 0. The summed E-state index contributed by atoms with van der Waals surface area (Å²) in [5, 5.41) is 15.9. The number of hydrogen-bond acceptors (Lipinski definition) is 7. The average Bonchev–Trinajstić information content (AvgIpc) is 3.48. The lowest BCUT2D eigenvalue weighted by atomic mass is 10.0. The Morgan fingerprint density at radius 3 is 2.35 bits per heavy atom. The monoisotopic (exact) mass is 534 g/mol. The number of aryl methyl sites for hydroxylation is 1. The van der Waals surface area contributed by atoms with Crippen molar-refractivity contribution in [1.29, 1.82) is 0 Å². The molecule has 10 heteroatoms. The lowest BCUT2D eigenvalue weighted by Crippen LogP contribution is -2.33. The van der Waals surface area contributed by atoms with Gasteiger partial charge in [0.15, 0.2) is 16.1 Å². The molecule has 0 fully saturated rings. The zero-order valence-electron chi connectivity index (χ0n) is 21.3. The minimum atomic E-state index is -0.321. The minimum absolute atomic E-state index is 0.0928. The van der Waals surface area contributed by atoms with Crippen LogP contribution in [0.1, 0.15) is 47.9 Å². The van der Waals surface area contributed by atoms with E-state index in [0.29, 0.717) is 28.2 Å². The first-order chi connectivity index (χ1) is 17.9. The van der Waals surface area contributed by atoms with Crippen LogP contribution in [0, 0.1) is 12.8 Å². The van der Waals surface area contributed by atoms with Crippen LogP contribution in [0.2, 0.25) is 0 Å². The average molecular weight is 535 g/mol. The van der Waals surface area contributed by atoms with Gasteiger partial charge in [-0.25, -0.2) is 4.98 Å². The molecule has 2 heterocycles. The largest absolute Gasteiger partial charge is 0.342 e. The van der Waals surface area contributed by atoms with E-state index in [1.807, 2.05) is 80.8 Å². The zero-order valence-corrected chi connectivity index (χ0v) is 22.9. The maximum atomic E-state index is 12.8. The molecular formula is C27H30N6O2S2. The number of benzene rings is 2. The van der Waals surface area contributed by atoms with Crippen molar-refractivity contribution in [2.24, 2.45) is 5.92 Å². The van der Waals surface area contributed by atoms with Crippen molar-refractivity contribution in [3.8, 4) is 11.3 Å². The van der Waals surface area contributed by atoms with Gasteiger partial charge in [-0.15, -0.1) is 21.5 Å². The number of carbonyl (C=O) groups is 2. The first kappa shape index (κ1) is 26.6. The second-order valence-electron chi connectivity index (χ2n) is 8.77. The Morgan fingerprint density at radius 1 is 1.03 bits per heavy atom. The van der Waals surface area contributed by atoms with Crippen LogP contribution in [0.15, 0.2) is 65.8 Å². The number of amides is 2. The molecule has 2 aromatic heterocycles. The molecule has 0 unspecified atom stereocenters. The number of hydrogen-bond donors (Lipinski definition) is 2. The third-order valence-corrected chi connectivity index (χ3v) is 7.60. The molecule has 0 spiro atoms. The van der Waals surface area contributed by atoms with Gasteiger partial charge in [-0.1, -0.05) is 74.1 Å². The highest BCUT2D eigenvalue weighted by atomic mass is 32.2. The molecule has 2 aromatic carbocycles. The van der Waals surface area contributed by atoms with Gasteiger partial charge in [-0.2, -0.15) is 0 Å². The Bertz CT molecular complexity index is 1350. The first-order valence-corrected chi connectivity index (χ1v) is 13.9. The summed E-state index contributed by atoms with van der Waals surface area (Å²) >= 11 is 2.77. The van der Waals surface area contributed by atoms with E-state index in [1.165, 1.54) is 23.1 Å². The Kier molecular flexibility index (Phi) is 8.73. The van der Waals surface area contributed by atoms with E-state index in [-0.39, 0.29) is 29.5 Å². The van der Waals surface area contributed by atoms with E-state index in [0.717, 1.165) is 16.1 Å². The second kappa shape index (κ2) is 12.2. The number of nitrogens with one attached hydrogen (secondary N) is 2. The molecule has 0 aliphatic heterocycles. The SMILES string of the molecule is CCn1c(SCC(=O)Nc2nc(-c3ccccc3)c(C)s2)nnc1[C@H](NC(=O)c1ccccc1)C(C)C. The molecule has 4 rings (SSSR count). The highest BCUT2D eigenvalue weighted by Gasteiger charge is 2.26. The molecule has 0 bridgehead atoms. The molecule has 4 aromatic rings. The second-order valence-corrected chi connectivity index (χ2v) is 10.9. The number of thiazole rings is 1. The fourth-order valence-corrected chi connectivity index (χ4v) is 5.54. The molecule has 37 heavy (non-hydrogen) atoms. The summed E-state index contributed by atoms with van der Waals surface area (Å²) < 4.78 is 1.95. The number of nitrogens with zero attached hydrogens (tertiary/aromatic N) is 4. The van der Waals surface area contributed by atoms with Gasteiger partial charge in [0.05, 0.1) is 17.5 Å². The fraction of sp³-hybridized carbons (Fsp3) is 0.296. The molecule has 8 nitrogen and oxygen atoms in total. The van der Waals surface area contributed by atoms with Crippen LogP contribution < -0.4 is 10.6 Å². The zero-order chi connectivity index (χ0) is 26.4. The van der Waals surface area contributed by atoms with Crippen molar-refractivity contribution in [3.63, 3.8) is 0 Å². The van der Waals surface area contributed by atoms with E-state index in [2.05, 4.69) is 25.8 Å². The molecule has 2 amide bonds. The van der Waals surface area contributed by atoms with Gasteiger partial charge in [0.25, 0.3) is 5.91 Å². The summed E-state index contributed by atoms with van der Waals surface area (Å²) in [7, 11) is 0. The topological polar surface area (TPSA) is 102 Å². The molecule has 0 aliphatic rings. The van der Waals surface area contributed by atoms with Gasteiger partial charge < -0.3 is 15.2 Å². The smallest absolute Gasteiger partial charge is 0.251 e. The predicted molar refractivity (Wildman–Crippen MR) is 149 cm³/mol. The predicted octanol–water partition coefficient (Wildman–Crippen LogP) is 5.59. The van der Waals surface area contributed by atoms with Gasteiger partial charge >= 0.3 is 0 Å². The van der Waals surface area contributed by atoms with Gasteiger partial charge in [-0.05, 0) is 31.9 Å². The van der Waals surface area contributed by atoms with Gasteiger partial charge in [0.2, 0.25) is 5.91 Å². The number of rotatable bonds is 10. The number of carbonyl (C=O) groups excluding carboxylic acids is 2. The highest BCUT2D eigenvalue weighted by Crippen LogP contribution is 2.31. The quantitative estimate of drug-likeness (QED) is 0.257. The lowest BCUT2D eigenvalue weighted by molar-refractivity contribution is -0.113. The van der Waals surface area contributed by atoms with Gasteiger partial charge in [0, 0.05) is 22.5 Å². The summed E-state index contributed by atoms with van der Waals surface area (Å²) in [6.45, 7) is 8.67. The van der Waals surface area contributed by atoms with Crippen molar-refractivity contribution in [2.75, 3.05) is 11.1 Å². The molecule has 0 radical (unpaired) electrons. The standard InChI is InChI=1S/C27H30N6O2S2/c1-5-33-24(22(17(2)3)29-25(35)20-14-10-7-11-15-20)31-32-27(33)36-16-21(34)28-26-30-23(18(4)37-26)19-12-8-6-9-13-19/h6-15,17,22H,5,16H2,1-4H3,(H,29,35)(H,28,30,34)/t22-/m1/s1. The summed E-state index contributed by atoms with van der Waals surface area (Å²) in [5.41, 5.74) is 2.49. The summed E-state index contributed by atoms with van der Waals surface area (Å²) in [4.78, 5) is 31.2. The third-order valence-electron chi connectivity index (χ3n) is 5.75. The third kappa shape index (κ3) is 6.44. The van der Waals surface area contributed by atoms with Crippen molar-refractivity contribution in [1.82, 2.24) is 25.1 Å². The van der Waals surface area contributed by atoms with E-state index < -0.39 is 0 Å². The normalized spacial score (nSPS) is 11.9. The molecule has 0 saturated carbocycles. The van der Waals surface area contributed by atoms with Crippen LogP contribution in [-0.4, -0.2) is 37.3 Å². The van der Waals surface area contributed by atoms with E-state index in [4.69, 9.17) is 0 Å². The maximum Gasteiger partial charge on any atom is 0.251 e. The van der Waals surface area contributed by atoms with Crippen molar-refractivity contribution >= 4 is 40.0 Å². The number of aromatic nitrogens is 4. The van der Waals surface area contributed by atoms with Crippen molar-refractivity contribution in [2.45, 2.75) is 45.4 Å². The molecule has 2 N–H and O–H groups in total. The van der Waals surface area contributed by atoms with E-state index in [1.54, 1.807) is 12.1 Å². The molecule has 0 saturated heterocycles. The minimum Gasteiger partial charge on any atom is -0.342 e. The lowest BCUT2D eigenvalue weighted by Gasteiger charge is -2.22. The van der Waals surface area contributed by atoms with Crippen molar-refractivity contribution in [3.05, 3.63) is 76.9 Å². The Morgan fingerprint density at radius 2 is 1.70 bits per heavy atom. The van der Waals surface area contributed by atoms with Crippen molar-refractivity contribution < 1.29 is 9.59 Å². The maximum absolute atomic E-state index is 12.8. The highest BCUT2D eigenvalue weighted by molar-refractivity contribution is 7.99. The molecule has 1 atom stereocenters. The fourth-order valence-electron chi connectivity index (χ4n) is 3.88. The van der Waals surface area contributed by atoms with Crippen LogP contribution in [-0.2, 0) is 11.3 Å². The summed E-state index contributed by atoms with van der Waals surface area (Å²) in [6, 6.07) is 18.7. The molecule has 0 aliphatic carbocycles. The Hall–Kier alpha value is -3.50. The summed E-state index contributed by atoms with van der Waals surface area (Å²) in [5.74, 6) is 0.610. The van der Waals surface area contributed by atoms with Crippen LogP contribution >= 0.6 is 23.1 Å². The van der Waals surface area contributed by atoms with Crippen LogP contribution in [0.25, 0.3) is 11.3 Å². The van der Waals surface area contributed by atoms with E-state index in [9.17, 15) is 9.59 Å². The Labute approximate surface area is 224 Å². The van der Waals surface area contributed by atoms with Gasteiger partial charge in [0.1, 0.15) is 0 Å². The molecule has 192 valence electrons. The van der Waals surface area contributed by atoms with Crippen LogP contribution in [0.4, 0.5) is 5.13 Å².